The summed E-state index contributed by atoms with van der Waals surface area (Å²) in [4.78, 5) is 4.13. The fourth-order valence-corrected chi connectivity index (χ4v) is 2.11. The summed E-state index contributed by atoms with van der Waals surface area (Å²) in [5, 5.41) is 3.71. The first-order valence-corrected chi connectivity index (χ1v) is 6.21. The standard InChI is InChI=1S/C15H11F2N3O/c1-8-5-6-9(16)11(13(8)17)14-12(15(18)21-20-14)10-4-2-3-7-19-10/h2-7H,18H2,1H3. The van der Waals surface area contributed by atoms with Gasteiger partial charge in [0.05, 0.1) is 16.8 Å². The van der Waals surface area contributed by atoms with E-state index in [9.17, 15) is 8.78 Å². The summed E-state index contributed by atoms with van der Waals surface area (Å²) in [6.07, 6.45) is 1.55. The van der Waals surface area contributed by atoms with E-state index < -0.39 is 11.6 Å². The van der Waals surface area contributed by atoms with Crippen molar-refractivity contribution in [2.24, 2.45) is 0 Å². The SMILES string of the molecule is Cc1ccc(F)c(-c2noc(N)c2-c2ccccn2)c1F. The van der Waals surface area contributed by atoms with Crippen LogP contribution in [0, 0.1) is 18.6 Å². The third-order valence-electron chi connectivity index (χ3n) is 3.16. The van der Waals surface area contributed by atoms with Gasteiger partial charge in [-0.25, -0.2) is 8.78 Å². The molecule has 4 nitrogen and oxygen atoms in total. The van der Waals surface area contributed by atoms with Gasteiger partial charge in [0.15, 0.2) is 0 Å². The monoisotopic (exact) mass is 287 g/mol. The van der Waals surface area contributed by atoms with Crippen molar-refractivity contribution in [2.45, 2.75) is 6.92 Å². The van der Waals surface area contributed by atoms with Gasteiger partial charge >= 0.3 is 0 Å². The number of benzene rings is 1. The molecule has 0 unspecified atom stereocenters. The first-order valence-electron chi connectivity index (χ1n) is 6.21. The summed E-state index contributed by atoms with van der Waals surface area (Å²) >= 11 is 0. The molecule has 0 aliphatic heterocycles. The minimum absolute atomic E-state index is 0.00454. The fourth-order valence-electron chi connectivity index (χ4n) is 2.11. The maximum absolute atomic E-state index is 14.3. The number of pyridine rings is 1. The number of aromatic nitrogens is 2. The average molecular weight is 287 g/mol. The van der Waals surface area contributed by atoms with E-state index in [2.05, 4.69) is 10.1 Å². The van der Waals surface area contributed by atoms with Gasteiger partial charge in [-0.2, -0.15) is 0 Å². The first kappa shape index (κ1) is 13.2. The Bertz CT molecular complexity index is 800. The van der Waals surface area contributed by atoms with Gasteiger partial charge in [-0.15, -0.1) is 0 Å². The van der Waals surface area contributed by atoms with Crippen molar-refractivity contribution in [3.8, 4) is 22.5 Å². The van der Waals surface area contributed by atoms with Gasteiger partial charge in [0.1, 0.15) is 17.3 Å². The van der Waals surface area contributed by atoms with Crippen molar-refractivity contribution >= 4 is 5.88 Å². The van der Waals surface area contributed by atoms with Crippen molar-refractivity contribution in [2.75, 3.05) is 5.73 Å². The number of halogens is 2. The highest BCUT2D eigenvalue weighted by atomic mass is 19.1. The summed E-state index contributed by atoms with van der Waals surface area (Å²) in [5.74, 6) is -1.46. The molecule has 0 saturated heterocycles. The third kappa shape index (κ3) is 2.14. The van der Waals surface area contributed by atoms with Gasteiger partial charge in [0, 0.05) is 6.20 Å². The second kappa shape index (κ2) is 4.97. The number of nitrogens with two attached hydrogens (primary N) is 1. The largest absolute Gasteiger partial charge is 0.367 e. The molecule has 0 aliphatic carbocycles. The molecule has 2 aromatic heterocycles. The molecule has 2 N–H and O–H groups in total. The molecule has 0 saturated carbocycles. The number of nitrogens with zero attached hydrogens (tertiary/aromatic N) is 2. The molecule has 1 aromatic carbocycles. The number of aryl methyl sites for hydroxylation is 1. The van der Waals surface area contributed by atoms with Gasteiger partial charge in [-0.05, 0) is 30.7 Å². The first-order chi connectivity index (χ1) is 10.1. The Morgan fingerprint density at radius 2 is 1.90 bits per heavy atom. The van der Waals surface area contributed by atoms with Crippen molar-refractivity contribution in [3.63, 3.8) is 0 Å². The molecule has 6 heteroatoms. The molecule has 2 heterocycles. The molecule has 0 aliphatic rings. The van der Waals surface area contributed by atoms with Crippen molar-refractivity contribution < 1.29 is 13.3 Å². The summed E-state index contributed by atoms with van der Waals surface area (Å²) < 4.78 is 33.2. The van der Waals surface area contributed by atoms with E-state index in [1.54, 1.807) is 31.3 Å². The van der Waals surface area contributed by atoms with E-state index in [0.717, 1.165) is 0 Å². The van der Waals surface area contributed by atoms with Crippen LogP contribution in [-0.4, -0.2) is 10.1 Å². The van der Waals surface area contributed by atoms with E-state index in [0.29, 0.717) is 11.3 Å². The molecular weight excluding hydrogens is 276 g/mol. The normalized spacial score (nSPS) is 10.8. The Balaban J connectivity index is 2.30. The lowest BCUT2D eigenvalue weighted by Crippen LogP contribution is -1.96. The van der Waals surface area contributed by atoms with E-state index in [1.165, 1.54) is 12.1 Å². The lowest BCUT2D eigenvalue weighted by atomic mass is 10.0. The Labute approximate surface area is 119 Å². The van der Waals surface area contributed by atoms with Crippen molar-refractivity contribution in [1.29, 1.82) is 0 Å². The number of anilines is 1. The highest BCUT2D eigenvalue weighted by molar-refractivity contribution is 5.85. The molecule has 0 amide bonds. The summed E-state index contributed by atoms with van der Waals surface area (Å²) in [6, 6.07) is 7.67. The van der Waals surface area contributed by atoms with E-state index >= 15 is 0 Å². The van der Waals surface area contributed by atoms with Crippen LogP contribution in [0.15, 0.2) is 41.1 Å². The molecule has 3 rings (SSSR count). The van der Waals surface area contributed by atoms with Crippen LogP contribution in [0.25, 0.3) is 22.5 Å². The Kier molecular flexibility index (Phi) is 3.13. The smallest absolute Gasteiger partial charge is 0.232 e. The van der Waals surface area contributed by atoms with Crippen LogP contribution in [0.5, 0.6) is 0 Å². The molecule has 0 fully saturated rings. The van der Waals surface area contributed by atoms with Gasteiger partial charge in [0.25, 0.3) is 0 Å². The molecule has 0 atom stereocenters. The summed E-state index contributed by atoms with van der Waals surface area (Å²) in [7, 11) is 0. The predicted molar refractivity (Wildman–Crippen MR) is 74.2 cm³/mol. The zero-order chi connectivity index (χ0) is 15.0. The third-order valence-corrected chi connectivity index (χ3v) is 3.16. The lowest BCUT2D eigenvalue weighted by Gasteiger charge is -2.06. The number of hydrogen-bond acceptors (Lipinski definition) is 4. The quantitative estimate of drug-likeness (QED) is 0.782. The number of nitrogen functional groups attached to an aromatic ring is 1. The van der Waals surface area contributed by atoms with Crippen LogP contribution in [0.3, 0.4) is 0 Å². The minimum atomic E-state index is -0.733. The van der Waals surface area contributed by atoms with Crippen LogP contribution in [-0.2, 0) is 0 Å². The topological polar surface area (TPSA) is 64.9 Å². The van der Waals surface area contributed by atoms with Crippen LogP contribution < -0.4 is 5.73 Å². The Morgan fingerprint density at radius 3 is 2.62 bits per heavy atom. The van der Waals surface area contributed by atoms with E-state index in [-0.39, 0.29) is 22.7 Å². The minimum Gasteiger partial charge on any atom is -0.367 e. The molecule has 3 aromatic rings. The highest BCUT2D eigenvalue weighted by Gasteiger charge is 2.24. The van der Waals surface area contributed by atoms with Crippen molar-refractivity contribution in [1.82, 2.24) is 10.1 Å². The van der Waals surface area contributed by atoms with Crippen LogP contribution in [0.1, 0.15) is 5.56 Å². The second-order valence-electron chi connectivity index (χ2n) is 4.54. The van der Waals surface area contributed by atoms with Gasteiger partial charge in [-0.3, -0.25) is 4.98 Å². The van der Waals surface area contributed by atoms with Gasteiger partial charge in [-0.1, -0.05) is 17.3 Å². The van der Waals surface area contributed by atoms with Gasteiger partial charge < -0.3 is 10.3 Å². The highest BCUT2D eigenvalue weighted by Crippen LogP contribution is 2.37. The van der Waals surface area contributed by atoms with Gasteiger partial charge in [0.2, 0.25) is 5.88 Å². The maximum atomic E-state index is 14.3. The van der Waals surface area contributed by atoms with Crippen molar-refractivity contribution in [3.05, 3.63) is 53.7 Å². The zero-order valence-corrected chi connectivity index (χ0v) is 11.1. The summed E-state index contributed by atoms with van der Waals surface area (Å²) in [6.45, 7) is 1.54. The zero-order valence-electron chi connectivity index (χ0n) is 11.1. The Hall–Kier alpha value is -2.76. The van der Waals surface area contributed by atoms with Crippen LogP contribution in [0.4, 0.5) is 14.7 Å². The molecular formula is C15H11F2N3O. The molecule has 21 heavy (non-hydrogen) atoms. The molecule has 106 valence electrons. The van der Waals surface area contributed by atoms with E-state index in [1.807, 2.05) is 0 Å². The number of rotatable bonds is 2. The molecule has 0 radical (unpaired) electrons. The van der Waals surface area contributed by atoms with Crippen LogP contribution in [0.2, 0.25) is 0 Å². The lowest BCUT2D eigenvalue weighted by molar-refractivity contribution is 0.438. The molecule has 0 bridgehead atoms. The molecule has 0 spiro atoms. The fraction of sp³-hybridized carbons (Fsp3) is 0.0667. The maximum Gasteiger partial charge on any atom is 0.232 e. The van der Waals surface area contributed by atoms with E-state index in [4.69, 9.17) is 10.3 Å². The second-order valence-corrected chi connectivity index (χ2v) is 4.54. The Morgan fingerprint density at radius 1 is 1.10 bits per heavy atom. The predicted octanol–water partition coefficient (Wildman–Crippen LogP) is 3.57. The average Bonchev–Trinajstić information content (AvgIpc) is 2.86. The summed E-state index contributed by atoms with van der Waals surface area (Å²) in [5.41, 5.74) is 6.49. The van der Waals surface area contributed by atoms with Crippen LogP contribution >= 0.6 is 0 Å². The number of hydrogen-bond donors (Lipinski definition) is 1.